The number of halogens is 1. The summed E-state index contributed by atoms with van der Waals surface area (Å²) in [6.45, 7) is 0.962. The summed E-state index contributed by atoms with van der Waals surface area (Å²) >= 11 is 2.34. The third-order valence-electron chi connectivity index (χ3n) is 7.63. The fourth-order valence-corrected chi connectivity index (χ4v) is 7.16. The third-order valence-corrected chi connectivity index (χ3v) is 9.53. The Balaban J connectivity index is 1.24. The van der Waals surface area contributed by atoms with E-state index in [0.29, 0.717) is 30.7 Å². The van der Waals surface area contributed by atoms with Crippen LogP contribution < -0.4 is 10.1 Å². The first-order chi connectivity index (χ1) is 16.2. The summed E-state index contributed by atoms with van der Waals surface area (Å²) in [4.78, 5) is 0. The van der Waals surface area contributed by atoms with Gasteiger partial charge in [-0.05, 0) is 81.4 Å². The van der Waals surface area contributed by atoms with Gasteiger partial charge in [0.05, 0.1) is 19.2 Å². The molecule has 0 aliphatic carbocycles. The molecular formula is C25H25BIN4OP. The Morgan fingerprint density at radius 2 is 1.94 bits per heavy atom. The van der Waals surface area contributed by atoms with E-state index < -0.39 is 0 Å². The maximum Gasteiger partial charge on any atom is 0.274 e. The number of rotatable bonds is 4. The van der Waals surface area contributed by atoms with E-state index in [4.69, 9.17) is 4.74 Å². The van der Waals surface area contributed by atoms with E-state index in [1.165, 1.54) is 29.7 Å². The van der Waals surface area contributed by atoms with Crippen molar-refractivity contribution in [2.24, 2.45) is 0 Å². The zero-order valence-electron chi connectivity index (χ0n) is 18.3. The fraction of sp³-hybridized carbons (Fsp3) is 0.360. The Labute approximate surface area is 209 Å². The summed E-state index contributed by atoms with van der Waals surface area (Å²) in [5.74, 6) is 4.68. The first-order valence-electron chi connectivity index (χ1n) is 11.7. The zero-order valence-corrected chi connectivity index (χ0v) is 21.5. The highest BCUT2D eigenvalue weighted by molar-refractivity contribution is 14.2. The highest BCUT2D eigenvalue weighted by Crippen LogP contribution is 2.49. The van der Waals surface area contributed by atoms with E-state index in [-0.39, 0.29) is 6.71 Å². The minimum absolute atomic E-state index is 0.282. The number of nitriles is 1. The molecule has 1 N–H and O–H groups in total. The van der Waals surface area contributed by atoms with Crippen LogP contribution in [0.3, 0.4) is 0 Å². The van der Waals surface area contributed by atoms with Crippen molar-refractivity contribution < 1.29 is 4.74 Å². The summed E-state index contributed by atoms with van der Waals surface area (Å²) in [6, 6.07) is 13.8. The molecule has 8 heteroatoms. The number of aromatic nitrogens is 2. The van der Waals surface area contributed by atoms with Gasteiger partial charge in [-0.15, -0.1) is 0 Å². The number of ether oxygens (including phenoxy) is 1. The minimum Gasteiger partial charge on any atom is -0.493 e. The minimum atomic E-state index is 0.282. The predicted molar refractivity (Wildman–Crippen MR) is 145 cm³/mol. The van der Waals surface area contributed by atoms with Crippen LogP contribution in [-0.2, 0) is 6.42 Å². The highest BCUT2D eigenvalue weighted by atomic mass is 127. The van der Waals surface area contributed by atoms with Gasteiger partial charge >= 0.3 is 0 Å². The van der Waals surface area contributed by atoms with Crippen molar-refractivity contribution in [1.29, 1.82) is 5.26 Å². The molecule has 3 aromatic rings. The van der Waals surface area contributed by atoms with Crippen molar-refractivity contribution in [1.82, 2.24) is 9.55 Å². The van der Waals surface area contributed by atoms with Gasteiger partial charge in [0.15, 0.2) is 0 Å². The number of nitrogens with zero attached hydrogens (tertiary/aromatic N) is 3. The summed E-state index contributed by atoms with van der Waals surface area (Å²) in [6.07, 6.45) is 10.2. The van der Waals surface area contributed by atoms with Crippen LogP contribution in [0.4, 0.5) is 5.69 Å². The molecule has 0 spiro atoms. The first kappa shape index (κ1) is 21.5. The van der Waals surface area contributed by atoms with Crippen molar-refractivity contribution in [2.75, 3.05) is 11.9 Å². The standard InChI is InChI=1S/C25H25BIN4OP/c27-33-31-14-18(13-29-31)16-1-5-24-23-6-4-21(9-17(23)7-8-32-25(24)10-16)30-22-11-19-2-3-20(12-22)26(19)15-28/h1,4-6,9-10,13-14,19-20,22,30,33H,2-3,7-8,11-12H2. The van der Waals surface area contributed by atoms with Gasteiger partial charge in [-0.1, -0.05) is 31.0 Å². The quantitative estimate of drug-likeness (QED) is 0.220. The van der Waals surface area contributed by atoms with Crippen molar-refractivity contribution >= 4 is 40.8 Å². The average Bonchev–Trinajstić information content (AvgIpc) is 3.35. The molecule has 3 aliphatic rings. The molecule has 0 radical (unpaired) electrons. The van der Waals surface area contributed by atoms with Gasteiger partial charge in [0.1, 0.15) is 5.75 Å². The lowest BCUT2D eigenvalue weighted by Crippen LogP contribution is -2.34. The van der Waals surface area contributed by atoms with Crippen molar-refractivity contribution in [2.45, 2.75) is 49.8 Å². The van der Waals surface area contributed by atoms with Crippen LogP contribution in [0.5, 0.6) is 5.75 Å². The van der Waals surface area contributed by atoms with E-state index >= 15 is 0 Å². The first-order valence-corrected chi connectivity index (χ1v) is 15.8. The Hall–Kier alpha value is -2.04. The molecule has 2 saturated heterocycles. The molecule has 2 bridgehead atoms. The third kappa shape index (κ3) is 4.06. The molecule has 5 nitrogen and oxygen atoms in total. The normalized spacial score (nSPS) is 23.5. The lowest BCUT2D eigenvalue weighted by molar-refractivity contribution is 0.326. The van der Waals surface area contributed by atoms with Gasteiger partial charge in [0.2, 0.25) is 0 Å². The Kier molecular flexibility index (Phi) is 5.84. The second-order valence-electron chi connectivity index (χ2n) is 9.50. The van der Waals surface area contributed by atoms with Gasteiger partial charge in [0, 0.05) is 41.4 Å². The smallest absolute Gasteiger partial charge is 0.274 e. The fourth-order valence-electron chi connectivity index (χ4n) is 6.08. The number of nitrogens with one attached hydrogen (secondary N) is 1. The lowest BCUT2D eigenvalue weighted by atomic mass is 9.35. The molecule has 33 heavy (non-hydrogen) atoms. The van der Waals surface area contributed by atoms with Crippen LogP contribution >= 0.6 is 28.4 Å². The van der Waals surface area contributed by atoms with Crippen molar-refractivity contribution in [3.05, 3.63) is 54.4 Å². The van der Waals surface area contributed by atoms with Gasteiger partial charge in [-0.25, -0.2) is 9.71 Å². The second kappa shape index (κ2) is 8.96. The molecule has 3 unspecified atom stereocenters. The molecular weight excluding hydrogens is 541 g/mol. The van der Waals surface area contributed by atoms with Crippen LogP contribution in [0, 0.1) is 11.2 Å². The Bertz CT molecular complexity index is 1230. The molecule has 1 aromatic heterocycles. The number of anilines is 1. The highest BCUT2D eigenvalue weighted by Gasteiger charge is 2.45. The van der Waals surface area contributed by atoms with E-state index in [1.54, 1.807) is 0 Å². The largest absolute Gasteiger partial charge is 0.493 e. The van der Waals surface area contributed by atoms with Crippen molar-refractivity contribution in [3.8, 4) is 34.0 Å². The number of hydrogen-bond donors (Lipinski definition) is 1. The maximum atomic E-state index is 9.49. The van der Waals surface area contributed by atoms with E-state index in [0.717, 1.165) is 41.7 Å². The molecule has 2 aromatic carbocycles. The van der Waals surface area contributed by atoms with Gasteiger partial charge in [-0.3, -0.25) is 0 Å². The maximum absolute atomic E-state index is 9.49. The van der Waals surface area contributed by atoms with Crippen LogP contribution in [0.2, 0.25) is 11.6 Å². The van der Waals surface area contributed by atoms with Crippen molar-refractivity contribution in [3.63, 3.8) is 0 Å². The molecule has 4 heterocycles. The van der Waals surface area contributed by atoms with Gasteiger partial charge in [0.25, 0.3) is 6.71 Å². The van der Waals surface area contributed by atoms with Crippen LogP contribution in [-0.4, -0.2) is 28.9 Å². The topological polar surface area (TPSA) is 62.9 Å². The Morgan fingerprint density at radius 1 is 1.12 bits per heavy atom. The molecule has 3 atom stereocenters. The van der Waals surface area contributed by atoms with E-state index in [9.17, 15) is 5.26 Å². The molecule has 6 rings (SSSR count). The molecule has 0 saturated carbocycles. The van der Waals surface area contributed by atoms with Crippen LogP contribution in [0.1, 0.15) is 31.2 Å². The molecule has 2 fully saturated rings. The predicted octanol–water partition coefficient (Wildman–Crippen LogP) is 6.61. The number of benzene rings is 2. The van der Waals surface area contributed by atoms with E-state index in [2.05, 4.69) is 81.0 Å². The average molecular weight is 566 g/mol. The van der Waals surface area contributed by atoms with Crippen LogP contribution in [0.25, 0.3) is 22.3 Å². The number of fused-ring (bicyclic) bond motifs is 5. The van der Waals surface area contributed by atoms with Gasteiger partial charge < -0.3 is 10.1 Å². The van der Waals surface area contributed by atoms with E-state index in [1.807, 2.05) is 10.6 Å². The molecule has 3 aliphatic heterocycles. The summed E-state index contributed by atoms with van der Waals surface area (Å²) < 4.78 is 8.16. The molecule has 0 amide bonds. The molecule has 166 valence electrons. The lowest BCUT2D eigenvalue weighted by Gasteiger charge is -2.31. The van der Waals surface area contributed by atoms with Gasteiger partial charge in [-0.2, -0.15) is 5.10 Å². The number of hydrogen-bond acceptors (Lipinski definition) is 4. The summed E-state index contributed by atoms with van der Waals surface area (Å²) in [5, 5.41) is 17.7. The van der Waals surface area contributed by atoms with Crippen LogP contribution in [0.15, 0.2) is 48.8 Å². The monoisotopic (exact) mass is 566 g/mol. The summed E-state index contributed by atoms with van der Waals surface area (Å²) in [7, 11) is 0. The Morgan fingerprint density at radius 3 is 2.70 bits per heavy atom. The zero-order chi connectivity index (χ0) is 22.4. The second-order valence-corrected chi connectivity index (χ2v) is 11.6. The SMILES string of the molecule is N#CB1C2CCC1CC(Nc1ccc3c(c1)CCOc1cc(-c4cnn(PI)c4)ccc1-3)C2. The summed E-state index contributed by atoms with van der Waals surface area (Å²) in [5.41, 5.74) is 7.21.